The SMILES string of the molecule is CCn1cnc(S(=O)(=O)Nc2c(N)cccc2Cl)c1. The molecule has 0 unspecified atom stereocenters. The molecule has 102 valence electrons. The predicted molar refractivity (Wildman–Crippen MR) is 74.6 cm³/mol. The van der Waals surface area contributed by atoms with Crippen molar-refractivity contribution in [3.05, 3.63) is 35.7 Å². The molecule has 0 saturated carbocycles. The Morgan fingerprint density at radius 1 is 1.47 bits per heavy atom. The van der Waals surface area contributed by atoms with Crippen LogP contribution in [0.15, 0.2) is 35.7 Å². The van der Waals surface area contributed by atoms with E-state index in [4.69, 9.17) is 17.3 Å². The van der Waals surface area contributed by atoms with E-state index in [-0.39, 0.29) is 21.4 Å². The van der Waals surface area contributed by atoms with Crippen LogP contribution < -0.4 is 10.5 Å². The fourth-order valence-corrected chi connectivity index (χ4v) is 2.83. The van der Waals surface area contributed by atoms with E-state index in [2.05, 4.69) is 9.71 Å². The van der Waals surface area contributed by atoms with E-state index in [1.165, 1.54) is 12.5 Å². The number of rotatable bonds is 4. The minimum absolute atomic E-state index is 0.0753. The molecule has 1 aromatic carbocycles. The minimum Gasteiger partial charge on any atom is -0.397 e. The maximum atomic E-state index is 12.1. The highest BCUT2D eigenvalue weighted by atomic mass is 35.5. The summed E-state index contributed by atoms with van der Waals surface area (Å²) in [6.45, 7) is 2.52. The number of nitrogen functional groups attached to an aromatic ring is 1. The number of aryl methyl sites for hydroxylation is 1. The first-order valence-corrected chi connectivity index (χ1v) is 7.38. The first-order valence-electron chi connectivity index (χ1n) is 5.52. The summed E-state index contributed by atoms with van der Waals surface area (Å²) in [7, 11) is -3.79. The van der Waals surface area contributed by atoms with Gasteiger partial charge >= 0.3 is 0 Å². The lowest BCUT2D eigenvalue weighted by Gasteiger charge is -2.10. The van der Waals surface area contributed by atoms with Gasteiger partial charge in [0.05, 0.1) is 22.7 Å². The van der Waals surface area contributed by atoms with Crippen molar-refractivity contribution >= 4 is 33.0 Å². The van der Waals surface area contributed by atoms with Gasteiger partial charge in [0.1, 0.15) is 0 Å². The monoisotopic (exact) mass is 300 g/mol. The first-order chi connectivity index (χ1) is 8.94. The Kier molecular flexibility index (Phi) is 3.68. The molecule has 0 aliphatic carbocycles. The van der Waals surface area contributed by atoms with Crippen molar-refractivity contribution in [2.24, 2.45) is 0 Å². The van der Waals surface area contributed by atoms with Gasteiger partial charge in [-0.25, -0.2) is 4.98 Å². The number of hydrogen-bond donors (Lipinski definition) is 2. The first kappa shape index (κ1) is 13.7. The molecule has 0 fully saturated rings. The van der Waals surface area contributed by atoms with Gasteiger partial charge in [-0.05, 0) is 19.1 Å². The summed E-state index contributed by atoms with van der Waals surface area (Å²) in [4.78, 5) is 3.84. The number of benzene rings is 1. The number of aromatic nitrogens is 2. The Balaban J connectivity index is 2.36. The second kappa shape index (κ2) is 5.10. The number of hydrogen-bond acceptors (Lipinski definition) is 4. The summed E-state index contributed by atoms with van der Waals surface area (Å²) in [5.41, 5.74) is 6.12. The molecule has 19 heavy (non-hydrogen) atoms. The lowest BCUT2D eigenvalue weighted by Crippen LogP contribution is -2.15. The van der Waals surface area contributed by atoms with Crippen LogP contribution in [0.1, 0.15) is 6.92 Å². The van der Waals surface area contributed by atoms with Crippen molar-refractivity contribution < 1.29 is 8.42 Å². The fraction of sp³-hybridized carbons (Fsp3) is 0.182. The molecular weight excluding hydrogens is 288 g/mol. The number of imidazole rings is 1. The van der Waals surface area contributed by atoms with Gasteiger partial charge < -0.3 is 10.3 Å². The molecule has 3 N–H and O–H groups in total. The second-order valence-corrected chi connectivity index (χ2v) is 5.89. The van der Waals surface area contributed by atoms with Gasteiger partial charge in [0, 0.05) is 12.7 Å². The molecule has 1 heterocycles. The zero-order valence-corrected chi connectivity index (χ0v) is 11.7. The van der Waals surface area contributed by atoms with Crippen molar-refractivity contribution in [3.8, 4) is 0 Å². The summed E-state index contributed by atoms with van der Waals surface area (Å²) < 4.78 is 28.3. The molecule has 0 spiro atoms. The number of para-hydroxylation sites is 1. The third-order valence-corrected chi connectivity index (χ3v) is 4.08. The second-order valence-electron chi connectivity index (χ2n) is 3.85. The molecule has 0 atom stereocenters. The Morgan fingerprint density at radius 3 is 2.79 bits per heavy atom. The van der Waals surface area contributed by atoms with E-state index < -0.39 is 10.0 Å². The normalized spacial score (nSPS) is 11.5. The summed E-state index contributed by atoms with van der Waals surface area (Å²) in [6, 6.07) is 4.76. The van der Waals surface area contributed by atoms with Crippen LogP contribution in [0.2, 0.25) is 5.02 Å². The van der Waals surface area contributed by atoms with E-state index in [0.29, 0.717) is 6.54 Å². The van der Waals surface area contributed by atoms with Crippen LogP contribution in [0.5, 0.6) is 0 Å². The van der Waals surface area contributed by atoms with E-state index in [0.717, 1.165) is 0 Å². The minimum atomic E-state index is -3.79. The van der Waals surface area contributed by atoms with Gasteiger partial charge in [-0.2, -0.15) is 8.42 Å². The van der Waals surface area contributed by atoms with Crippen molar-refractivity contribution in [3.63, 3.8) is 0 Å². The molecule has 0 aliphatic rings. The van der Waals surface area contributed by atoms with E-state index in [9.17, 15) is 8.42 Å². The van der Waals surface area contributed by atoms with Gasteiger partial charge in [0.25, 0.3) is 10.0 Å². The molecule has 2 rings (SSSR count). The van der Waals surface area contributed by atoms with Crippen LogP contribution in [-0.2, 0) is 16.6 Å². The van der Waals surface area contributed by atoms with Gasteiger partial charge in [-0.15, -0.1) is 0 Å². The average molecular weight is 301 g/mol. The highest BCUT2D eigenvalue weighted by Crippen LogP contribution is 2.29. The van der Waals surface area contributed by atoms with Crippen molar-refractivity contribution in [2.75, 3.05) is 10.5 Å². The number of nitrogens with one attached hydrogen (secondary N) is 1. The molecule has 0 aliphatic heterocycles. The van der Waals surface area contributed by atoms with Crippen molar-refractivity contribution in [1.29, 1.82) is 0 Å². The molecule has 0 bridgehead atoms. The molecule has 8 heteroatoms. The molecular formula is C11H13ClN4O2S. The Bertz CT molecular complexity index is 676. The average Bonchev–Trinajstić information content (AvgIpc) is 2.83. The predicted octanol–water partition coefficient (Wildman–Crippen LogP) is 1.94. The summed E-state index contributed by atoms with van der Waals surface area (Å²) >= 11 is 5.92. The smallest absolute Gasteiger partial charge is 0.281 e. The van der Waals surface area contributed by atoms with Gasteiger partial charge in [0.2, 0.25) is 0 Å². The van der Waals surface area contributed by atoms with Gasteiger partial charge in [0.15, 0.2) is 5.03 Å². The maximum absolute atomic E-state index is 12.1. The van der Waals surface area contributed by atoms with Crippen LogP contribution in [0.4, 0.5) is 11.4 Å². The molecule has 0 radical (unpaired) electrons. The molecule has 0 saturated heterocycles. The van der Waals surface area contributed by atoms with E-state index in [1.807, 2.05) is 6.92 Å². The fourth-order valence-electron chi connectivity index (χ4n) is 1.49. The van der Waals surface area contributed by atoms with Gasteiger partial charge in [-0.1, -0.05) is 17.7 Å². The van der Waals surface area contributed by atoms with Crippen molar-refractivity contribution in [2.45, 2.75) is 18.5 Å². The van der Waals surface area contributed by atoms with Crippen LogP contribution in [0.25, 0.3) is 0 Å². The number of nitrogens with zero attached hydrogens (tertiary/aromatic N) is 2. The number of sulfonamides is 1. The lowest BCUT2D eigenvalue weighted by molar-refractivity contribution is 0.598. The van der Waals surface area contributed by atoms with Crippen LogP contribution >= 0.6 is 11.6 Å². The number of nitrogens with two attached hydrogens (primary N) is 1. The highest BCUT2D eigenvalue weighted by Gasteiger charge is 2.19. The maximum Gasteiger partial charge on any atom is 0.281 e. The van der Waals surface area contributed by atoms with E-state index >= 15 is 0 Å². The Hall–Kier alpha value is -1.73. The molecule has 2 aromatic rings. The van der Waals surface area contributed by atoms with Crippen LogP contribution in [0, 0.1) is 0 Å². The topological polar surface area (TPSA) is 90.0 Å². The standard InChI is InChI=1S/C11H13ClN4O2S/c1-2-16-6-10(14-7-16)19(17,18)15-11-8(12)4-3-5-9(11)13/h3-7,15H,2,13H2,1H3. The molecule has 0 amide bonds. The zero-order valence-electron chi connectivity index (χ0n) is 10.2. The van der Waals surface area contributed by atoms with Crippen LogP contribution in [0.3, 0.4) is 0 Å². The van der Waals surface area contributed by atoms with Crippen molar-refractivity contribution in [1.82, 2.24) is 9.55 Å². The third kappa shape index (κ3) is 2.82. The Labute approximate surface area is 116 Å². The number of anilines is 2. The quantitative estimate of drug-likeness (QED) is 0.844. The molecule has 6 nitrogen and oxygen atoms in total. The Morgan fingerprint density at radius 2 is 2.21 bits per heavy atom. The summed E-state index contributed by atoms with van der Waals surface area (Å²) in [5, 5.41) is 0.159. The van der Waals surface area contributed by atoms with E-state index in [1.54, 1.807) is 22.8 Å². The lowest BCUT2D eigenvalue weighted by atomic mass is 10.3. The van der Waals surface area contributed by atoms with Crippen LogP contribution in [-0.4, -0.2) is 18.0 Å². The summed E-state index contributed by atoms with van der Waals surface area (Å²) in [5.74, 6) is 0. The molecule has 1 aromatic heterocycles. The summed E-state index contributed by atoms with van der Waals surface area (Å²) in [6.07, 6.45) is 2.89. The third-order valence-electron chi connectivity index (χ3n) is 2.53. The number of halogens is 1. The zero-order chi connectivity index (χ0) is 14.0. The van der Waals surface area contributed by atoms with Gasteiger partial charge in [-0.3, -0.25) is 4.72 Å². The largest absolute Gasteiger partial charge is 0.397 e. The highest BCUT2D eigenvalue weighted by molar-refractivity contribution is 7.92.